The third kappa shape index (κ3) is 3.63. The van der Waals surface area contributed by atoms with Crippen molar-refractivity contribution in [2.24, 2.45) is 0 Å². The van der Waals surface area contributed by atoms with Gasteiger partial charge in [-0.15, -0.1) is 11.8 Å². The second-order valence-corrected chi connectivity index (χ2v) is 5.73. The van der Waals surface area contributed by atoms with Gasteiger partial charge in [-0.25, -0.2) is 4.98 Å². The Bertz CT molecular complexity index is 516. The van der Waals surface area contributed by atoms with Crippen molar-refractivity contribution in [3.8, 4) is 0 Å². The van der Waals surface area contributed by atoms with Gasteiger partial charge in [-0.3, -0.25) is 0 Å². The zero-order valence-electron chi connectivity index (χ0n) is 8.86. The Hall–Kier alpha value is -0.710. The summed E-state index contributed by atoms with van der Waals surface area (Å²) in [7, 11) is 0. The van der Waals surface area contributed by atoms with Crippen molar-refractivity contribution in [1.29, 1.82) is 0 Å². The molecule has 88 valence electrons. The summed E-state index contributed by atoms with van der Waals surface area (Å²) in [5, 5.41) is 0.521. The van der Waals surface area contributed by atoms with E-state index >= 15 is 0 Å². The summed E-state index contributed by atoms with van der Waals surface area (Å²) < 4.78 is 1.02. The Balaban J connectivity index is 2.04. The molecule has 2 nitrogen and oxygen atoms in total. The maximum Gasteiger partial charge on any atom is 0.129 e. The summed E-state index contributed by atoms with van der Waals surface area (Å²) in [6.07, 6.45) is 1.79. The fraction of sp³-hybridized carbons (Fsp3) is 0.0833. The minimum Gasteiger partial charge on any atom is -0.399 e. The first kappa shape index (κ1) is 12.7. The van der Waals surface area contributed by atoms with Gasteiger partial charge in [0.05, 0.1) is 0 Å². The number of rotatable bonds is 3. The van der Waals surface area contributed by atoms with Crippen LogP contribution in [-0.2, 0) is 5.75 Å². The summed E-state index contributed by atoms with van der Waals surface area (Å²) in [6, 6.07) is 9.59. The molecule has 1 heterocycles. The Morgan fingerprint density at radius 3 is 2.76 bits per heavy atom. The van der Waals surface area contributed by atoms with Gasteiger partial charge in [-0.05, 0) is 45.8 Å². The molecule has 2 aromatic rings. The molecular weight excluding hydrogens is 320 g/mol. The summed E-state index contributed by atoms with van der Waals surface area (Å²) in [5.74, 6) is 0.854. The molecule has 5 heteroatoms. The molecule has 0 saturated heterocycles. The Kier molecular flexibility index (Phi) is 4.31. The van der Waals surface area contributed by atoms with Crippen LogP contribution in [0.15, 0.2) is 45.9 Å². The molecule has 0 atom stereocenters. The lowest BCUT2D eigenvalue weighted by atomic mass is 10.3. The van der Waals surface area contributed by atoms with Crippen molar-refractivity contribution >= 4 is 45.0 Å². The standard InChI is InChI=1S/C12H10BrClN2S/c13-10-5-9(15)2-3-11(10)17-7-8-1-4-12(14)16-6-8/h1-6H,7,15H2. The topological polar surface area (TPSA) is 38.9 Å². The van der Waals surface area contributed by atoms with Crippen molar-refractivity contribution in [2.75, 3.05) is 5.73 Å². The van der Waals surface area contributed by atoms with E-state index in [0.717, 1.165) is 26.4 Å². The normalized spacial score (nSPS) is 10.5. The van der Waals surface area contributed by atoms with Crippen molar-refractivity contribution in [3.63, 3.8) is 0 Å². The summed E-state index contributed by atoms with van der Waals surface area (Å²) in [6.45, 7) is 0. The SMILES string of the molecule is Nc1ccc(SCc2ccc(Cl)nc2)c(Br)c1. The molecule has 17 heavy (non-hydrogen) atoms. The van der Waals surface area contributed by atoms with Crippen LogP contribution < -0.4 is 5.73 Å². The van der Waals surface area contributed by atoms with E-state index in [1.165, 1.54) is 0 Å². The van der Waals surface area contributed by atoms with Crippen LogP contribution in [0, 0.1) is 0 Å². The number of nitrogens with two attached hydrogens (primary N) is 1. The molecule has 0 fully saturated rings. The van der Waals surface area contributed by atoms with E-state index in [-0.39, 0.29) is 0 Å². The van der Waals surface area contributed by atoms with E-state index < -0.39 is 0 Å². The van der Waals surface area contributed by atoms with E-state index in [4.69, 9.17) is 17.3 Å². The molecule has 1 aromatic heterocycles. The molecule has 2 N–H and O–H groups in total. The van der Waals surface area contributed by atoms with Crippen LogP contribution >= 0.6 is 39.3 Å². The summed E-state index contributed by atoms with van der Waals surface area (Å²) >= 11 is 11.0. The number of nitrogens with zero attached hydrogens (tertiary/aromatic N) is 1. The third-order valence-corrected chi connectivity index (χ3v) is 4.43. The lowest BCUT2D eigenvalue weighted by Crippen LogP contribution is -1.86. The largest absolute Gasteiger partial charge is 0.399 e. The zero-order valence-corrected chi connectivity index (χ0v) is 12.0. The van der Waals surface area contributed by atoms with E-state index in [9.17, 15) is 0 Å². The second kappa shape index (κ2) is 5.76. The highest BCUT2D eigenvalue weighted by molar-refractivity contribution is 9.10. The molecule has 2 rings (SSSR count). The van der Waals surface area contributed by atoms with Gasteiger partial charge in [0.15, 0.2) is 0 Å². The van der Waals surface area contributed by atoms with E-state index in [2.05, 4.69) is 20.9 Å². The fourth-order valence-corrected chi connectivity index (χ4v) is 2.99. The zero-order chi connectivity index (χ0) is 12.3. The van der Waals surface area contributed by atoms with Gasteiger partial charge in [0.25, 0.3) is 0 Å². The van der Waals surface area contributed by atoms with Crippen molar-refractivity contribution in [2.45, 2.75) is 10.6 Å². The van der Waals surface area contributed by atoms with Gasteiger partial charge in [0.2, 0.25) is 0 Å². The highest BCUT2D eigenvalue weighted by Crippen LogP contribution is 2.31. The van der Waals surface area contributed by atoms with E-state index in [1.807, 2.05) is 24.3 Å². The van der Waals surface area contributed by atoms with Gasteiger partial charge in [0, 0.05) is 27.0 Å². The first-order valence-corrected chi connectivity index (χ1v) is 7.09. The first-order chi connectivity index (χ1) is 8.15. The lowest BCUT2D eigenvalue weighted by molar-refractivity contribution is 1.25. The maximum absolute atomic E-state index is 5.73. The molecule has 0 unspecified atom stereocenters. The highest BCUT2D eigenvalue weighted by atomic mass is 79.9. The van der Waals surface area contributed by atoms with Crippen LogP contribution in [0.25, 0.3) is 0 Å². The smallest absolute Gasteiger partial charge is 0.129 e. The van der Waals surface area contributed by atoms with E-state index in [1.54, 1.807) is 24.0 Å². The third-order valence-electron chi connectivity index (χ3n) is 2.14. The number of nitrogen functional groups attached to an aromatic ring is 1. The van der Waals surface area contributed by atoms with Crippen LogP contribution in [0.1, 0.15) is 5.56 Å². The van der Waals surface area contributed by atoms with Crippen LogP contribution in [0.3, 0.4) is 0 Å². The maximum atomic E-state index is 5.73. The average molecular weight is 330 g/mol. The number of thioether (sulfide) groups is 1. The Morgan fingerprint density at radius 2 is 2.12 bits per heavy atom. The Morgan fingerprint density at radius 1 is 1.29 bits per heavy atom. The molecular formula is C12H10BrClN2S. The number of benzene rings is 1. The fourth-order valence-electron chi connectivity index (χ4n) is 1.29. The molecule has 0 aliphatic heterocycles. The number of aromatic nitrogens is 1. The second-order valence-electron chi connectivity index (χ2n) is 3.47. The minimum atomic E-state index is 0.521. The van der Waals surface area contributed by atoms with Crippen LogP contribution in [0.4, 0.5) is 5.69 Å². The van der Waals surface area contributed by atoms with Gasteiger partial charge >= 0.3 is 0 Å². The molecule has 0 bridgehead atoms. The molecule has 0 aliphatic rings. The predicted octanol–water partition coefficient (Wildman–Crippen LogP) is 4.37. The number of halogens is 2. The van der Waals surface area contributed by atoms with E-state index in [0.29, 0.717) is 5.15 Å². The number of hydrogen-bond donors (Lipinski definition) is 1. The lowest BCUT2D eigenvalue weighted by Gasteiger charge is -2.05. The predicted molar refractivity (Wildman–Crippen MR) is 77.4 cm³/mol. The molecule has 1 aromatic carbocycles. The molecule has 0 radical (unpaired) electrons. The van der Waals surface area contributed by atoms with Gasteiger partial charge < -0.3 is 5.73 Å². The quantitative estimate of drug-likeness (QED) is 0.516. The van der Waals surface area contributed by atoms with Crippen molar-refractivity contribution in [3.05, 3.63) is 51.7 Å². The molecule has 0 amide bonds. The summed E-state index contributed by atoms with van der Waals surface area (Å²) in [5.41, 5.74) is 7.59. The van der Waals surface area contributed by atoms with Gasteiger partial charge in [0.1, 0.15) is 5.15 Å². The number of hydrogen-bond acceptors (Lipinski definition) is 3. The minimum absolute atomic E-state index is 0.521. The monoisotopic (exact) mass is 328 g/mol. The van der Waals surface area contributed by atoms with Crippen LogP contribution in [0.2, 0.25) is 5.15 Å². The number of anilines is 1. The van der Waals surface area contributed by atoms with Gasteiger partial charge in [-0.2, -0.15) is 0 Å². The first-order valence-electron chi connectivity index (χ1n) is 4.93. The van der Waals surface area contributed by atoms with Crippen molar-refractivity contribution < 1.29 is 0 Å². The average Bonchev–Trinajstić information content (AvgIpc) is 2.30. The highest BCUT2D eigenvalue weighted by Gasteiger charge is 2.02. The number of pyridine rings is 1. The van der Waals surface area contributed by atoms with Crippen LogP contribution in [-0.4, -0.2) is 4.98 Å². The summed E-state index contributed by atoms with van der Waals surface area (Å²) in [4.78, 5) is 5.21. The molecule has 0 aliphatic carbocycles. The van der Waals surface area contributed by atoms with Crippen molar-refractivity contribution in [1.82, 2.24) is 4.98 Å². The van der Waals surface area contributed by atoms with Crippen LogP contribution in [0.5, 0.6) is 0 Å². The molecule has 0 saturated carbocycles. The molecule has 0 spiro atoms. The Labute approximate surface area is 118 Å². The van der Waals surface area contributed by atoms with Gasteiger partial charge in [-0.1, -0.05) is 17.7 Å².